The van der Waals surface area contributed by atoms with E-state index in [0.29, 0.717) is 19.1 Å². The Hall–Kier alpha value is -2.50. The zero-order valence-electron chi connectivity index (χ0n) is 13.9. The van der Waals surface area contributed by atoms with Crippen molar-refractivity contribution >= 4 is 5.91 Å². The molecular formula is C18H23N3O3. The van der Waals surface area contributed by atoms with Crippen LogP contribution in [0.25, 0.3) is 0 Å². The second kappa shape index (κ2) is 7.86. The predicted octanol–water partition coefficient (Wildman–Crippen LogP) is 2.52. The molecule has 0 spiro atoms. The average molecular weight is 329 g/mol. The maximum Gasteiger partial charge on any atom is 0.226 e. The van der Waals surface area contributed by atoms with E-state index in [-0.39, 0.29) is 5.91 Å². The lowest BCUT2D eigenvalue weighted by Crippen LogP contribution is -2.41. The van der Waals surface area contributed by atoms with E-state index in [2.05, 4.69) is 9.55 Å². The van der Waals surface area contributed by atoms with E-state index in [0.717, 1.165) is 37.4 Å². The van der Waals surface area contributed by atoms with Crippen molar-refractivity contribution in [3.05, 3.63) is 43.0 Å². The van der Waals surface area contributed by atoms with Crippen molar-refractivity contribution in [3.63, 3.8) is 0 Å². The second-order valence-electron chi connectivity index (χ2n) is 5.92. The van der Waals surface area contributed by atoms with E-state index < -0.39 is 0 Å². The minimum atomic E-state index is 0.147. The fourth-order valence-electron chi connectivity index (χ4n) is 3.00. The van der Waals surface area contributed by atoms with Crippen LogP contribution in [0, 0.1) is 0 Å². The summed E-state index contributed by atoms with van der Waals surface area (Å²) in [4.78, 5) is 18.4. The van der Waals surface area contributed by atoms with E-state index in [1.165, 1.54) is 0 Å². The maximum absolute atomic E-state index is 12.4. The molecule has 6 nitrogen and oxygen atoms in total. The number of hydrogen-bond donors (Lipinski definition) is 0. The van der Waals surface area contributed by atoms with Gasteiger partial charge in [0, 0.05) is 25.5 Å². The van der Waals surface area contributed by atoms with E-state index >= 15 is 0 Å². The van der Waals surface area contributed by atoms with Crippen LogP contribution in [0.1, 0.15) is 25.3 Å². The van der Waals surface area contributed by atoms with Gasteiger partial charge in [-0.3, -0.25) is 4.79 Å². The number of imidazole rings is 1. The van der Waals surface area contributed by atoms with Crippen LogP contribution in [-0.4, -0.2) is 47.2 Å². The first-order chi connectivity index (χ1) is 11.8. The third-order valence-corrected chi connectivity index (χ3v) is 4.34. The number of rotatable bonds is 6. The largest absolute Gasteiger partial charge is 0.497 e. The minimum absolute atomic E-state index is 0.147. The molecule has 1 aromatic carbocycles. The Balaban J connectivity index is 1.45. The van der Waals surface area contributed by atoms with Gasteiger partial charge in [-0.15, -0.1) is 0 Å². The van der Waals surface area contributed by atoms with Crippen molar-refractivity contribution < 1.29 is 14.3 Å². The van der Waals surface area contributed by atoms with Crippen LogP contribution < -0.4 is 9.47 Å². The molecule has 1 amide bonds. The second-order valence-corrected chi connectivity index (χ2v) is 5.92. The highest BCUT2D eigenvalue weighted by Gasteiger charge is 2.24. The number of aromatic nitrogens is 2. The van der Waals surface area contributed by atoms with E-state index in [4.69, 9.17) is 9.47 Å². The molecule has 0 saturated carbocycles. The van der Waals surface area contributed by atoms with E-state index in [1.54, 1.807) is 13.3 Å². The lowest BCUT2D eigenvalue weighted by molar-refractivity contribution is -0.133. The molecule has 3 rings (SSSR count). The molecule has 1 unspecified atom stereocenters. The number of nitrogens with zero attached hydrogens (tertiary/aromatic N) is 3. The molecule has 0 radical (unpaired) electrons. The lowest BCUT2D eigenvalue weighted by atomic mass is 10.1. The molecule has 1 aromatic heterocycles. The zero-order chi connectivity index (χ0) is 16.8. The summed E-state index contributed by atoms with van der Waals surface area (Å²) in [5.74, 6) is 1.68. The van der Waals surface area contributed by atoms with Gasteiger partial charge in [0.2, 0.25) is 5.91 Å². The van der Waals surface area contributed by atoms with E-state index in [9.17, 15) is 4.79 Å². The Kier molecular flexibility index (Phi) is 5.36. The lowest BCUT2D eigenvalue weighted by Gasteiger charge is -2.33. The Morgan fingerprint density at radius 2 is 2.08 bits per heavy atom. The topological polar surface area (TPSA) is 56.6 Å². The molecule has 2 aromatic rings. The van der Waals surface area contributed by atoms with Gasteiger partial charge in [-0.2, -0.15) is 0 Å². The molecule has 1 aliphatic heterocycles. The third kappa shape index (κ3) is 4.07. The maximum atomic E-state index is 12.4. The average Bonchev–Trinajstić information content (AvgIpc) is 3.17. The first-order valence-electron chi connectivity index (χ1n) is 8.28. The van der Waals surface area contributed by atoms with Gasteiger partial charge < -0.3 is 18.9 Å². The summed E-state index contributed by atoms with van der Waals surface area (Å²) in [5, 5.41) is 0. The third-order valence-electron chi connectivity index (χ3n) is 4.34. The van der Waals surface area contributed by atoms with Gasteiger partial charge in [0.25, 0.3) is 0 Å². The standard InChI is InChI=1S/C18H23N3O3/c1-23-16-4-6-17(7-5-16)24-12-8-18(22)20-10-2-3-15(13-20)21-11-9-19-14-21/h4-7,9,11,14-15H,2-3,8,10,12-13H2,1H3. The first kappa shape index (κ1) is 16.4. The zero-order valence-corrected chi connectivity index (χ0v) is 13.9. The SMILES string of the molecule is COc1ccc(OCCC(=O)N2CCCC(n3ccnc3)C2)cc1. The van der Waals surface area contributed by atoms with Gasteiger partial charge in [-0.25, -0.2) is 4.98 Å². The predicted molar refractivity (Wildman–Crippen MR) is 90.2 cm³/mol. The van der Waals surface area contributed by atoms with Gasteiger partial charge in [-0.1, -0.05) is 0 Å². The van der Waals surface area contributed by atoms with Crippen molar-refractivity contribution in [2.75, 3.05) is 26.8 Å². The Morgan fingerprint density at radius 1 is 1.29 bits per heavy atom. The van der Waals surface area contributed by atoms with E-state index in [1.807, 2.05) is 41.7 Å². The highest BCUT2D eigenvalue weighted by molar-refractivity contribution is 5.76. The molecule has 1 saturated heterocycles. The fourth-order valence-corrected chi connectivity index (χ4v) is 3.00. The van der Waals surface area contributed by atoms with Crippen LogP contribution in [0.4, 0.5) is 0 Å². The summed E-state index contributed by atoms with van der Waals surface area (Å²) in [6.07, 6.45) is 8.07. The molecule has 128 valence electrons. The molecule has 6 heteroatoms. The van der Waals surface area contributed by atoms with Gasteiger partial charge in [0.1, 0.15) is 11.5 Å². The van der Waals surface area contributed by atoms with Gasteiger partial charge in [0.05, 0.1) is 32.5 Å². The molecule has 0 N–H and O–H groups in total. The van der Waals surface area contributed by atoms with Crippen LogP contribution in [-0.2, 0) is 4.79 Å². The Bertz CT molecular complexity index is 640. The van der Waals surface area contributed by atoms with Crippen LogP contribution >= 0.6 is 0 Å². The molecule has 0 aliphatic carbocycles. The van der Waals surface area contributed by atoms with Crippen LogP contribution in [0.15, 0.2) is 43.0 Å². The summed E-state index contributed by atoms with van der Waals surface area (Å²) < 4.78 is 12.8. The summed E-state index contributed by atoms with van der Waals surface area (Å²) in [6, 6.07) is 7.71. The Morgan fingerprint density at radius 3 is 2.79 bits per heavy atom. The molecule has 0 bridgehead atoms. The number of amides is 1. The fraction of sp³-hybridized carbons (Fsp3) is 0.444. The smallest absolute Gasteiger partial charge is 0.226 e. The van der Waals surface area contributed by atoms with Crippen molar-refractivity contribution in [2.24, 2.45) is 0 Å². The summed E-state index contributed by atoms with van der Waals surface area (Å²) in [6.45, 7) is 1.96. The highest BCUT2D eigenvalue weighted by Crippen LogP contribution is 2.22. The number of methoxy groups -OCH3 is 1. The van der Waals surface area contributed by atoms with Gasteiger partial charge >= 0.3 is 0 Å². The highest BCUT2D eigenvalue weighted by atomic mass is 16.5. The summed E-state index contributed by atoms with van der Waals surface area (Å²) in [5.41, 5.74) is 0. The number of hydrogen-bond acceptors (Lipinski definition) is 4. The number of piperidine rings is 1. The Labute approximate surface area is 142 Å². The normalized spacial score (nSPS) is 17.5. The number of carbonyl (C=O) groups excluding carboxylic acids is 1. The van der Waals surface area contributed by atoms with Crippen LogP contribution in [0.3, 0.4) is 0 Å². The van der Waals surface area contributed by atoms with Crippen molar-refractivity contribution in [3.8, 4) is 11.5 Å². The van der Waals surface area contributed by atoms with Crippen LogP contribution in [0.5, 0.6) is 11.5 Å². The number of benzene rings is 1. The number of likely N-dealkylation sites (tertiary alicyclic amines) is 1. The minimum Gasteiger partial charge on any atom is -0.497 e. The van der Waals surface area contributed by atoms with Gasteiger partial charge in [-0.05, 0) is 37.1 Å². The molecule has 2 heterocycles. The summed E-state index contributed by atoms with van der Waals surface area (Å²) >= 11 is 0. The monoisotopic (exact) mass is 329 g/mol. The number of carbonyl (C=O) groups is 1. The first-order valence-corrected chi connectivity index (χ1v) is 8.28. The van der Waals surface area contributed by atoms with Crippen molar-refractivity contribution in [2.45, 2.75) is 25.3 Å². The molecule has 1 fully saturated rings. The van der Waals surface area contributed by atoms with Crippen molar-refractivity contribution in [1.82, 2.24) is 14.5 Å². The van der Waals surface area contributed by atoms with Crippen LogP contribution in [0.2, 0.25) is 0 Å². The van der Waals surface area contributed by atoms with Gasteiger partial charge in [0.15, 0.2) is 0 Å². The molecule has 1 aliphatic rings. The van der Waals surface area contributed by atoms with Crippen molar-refractivity contribution in [1.29, 1.82) is 0 Å². The molecular weight excluding hydrogens is 306 g/mol. The molecule has 24 heavy (non-hydrogen) atoms. The summed E-state index contributed by atoms with van der Waals surface area (Å²) in [7, 11) is 1.63. The number of ether oxygens (including phenoxy) is 2. The quantitative estimate of drug-likeness (QED) is 0.817. The molecule has 1 atom stereocenters.